The third-order valence-electron chi connectivity index (χ3n) is 2.81. The van der Waals surface area contributed by atoms with Crippen LogP contribution in [-0.4, -0.2) is 24.0 Å². The van der Waals surface area contributed by atoms with Crippen molar-refractivity contribution in [1.29, 1.82) is 0 Å². The second-order valence-electron chi connectivity index (χ2n) is 4.72. The molecule has 4 heteroatoms. The van der Waals surface area contributed by atoms with Crippen LogP contribution in [0.4, 0.5) is 0 Å². The van der Waals surface area contributed by atoms with Crippen LogP contribution >= 0.6 is 0 Å². The summed E-state index contributed by atoms with van der Waals surface area (Å²) in [6, 6.07) is 10.6. The summed E-state index contributed by atoms with van der Waals surface area (Å²) in [6.45, 7) is 4.89. The predicted molar refractivity (Wildman–Crippen MR) is 80.2 cm³/mol. The highest BCUT2D eigenvalue weighted by atomic mass is 15.2. The van der Waals surface area contributed by atoms with E-state index in [-0.39, 0.29) is 0 Å². The molecule has 0 saturated heterocycles. The van der Waals surface area contributed by atoms with E-state index in [1.54, 1.807) is 7.05 Å². The molecule has 0 aliphatic carbocycles. The molecule has 0 amide bonds. The monoisotopic (exact) mass is 256 g/mol. The molecular formula is C15H20N4. The lowest BCUT2D eigenvalue weighted by Crippen LogP contribution is -2.40. The molecule has 1 aromatic heterocycles. The van der Waals surface area contributed by atoms with Gasteiger partial charge in [-0.15, -0.1) is 0 Å². The van der Waals surface area contributed by atoms with Gasteiger partial charge >= 0.3 is 0 Å². The summed E-state index contributed by atoms with van der Waals surface area (Å²) in [5.74, 6) is 0.808. The lowest BCUT2D eigenvalue weighted by Gasteiger charge is -2.15. The molecule has 19 heavy (non-hydrogen) atoms. The fourth-order valence-corrected chi connectivity index (χ4v) is 1.96. The fourth-order valence-electron chi connectivity index (χ4n) is 1.96. The Labute approximate surface area is 114 Å². The normalized spacial score (nSPS) is 11.9. The minimum Gasteiger partial charge on any atom is -0.354 e. The molecule has 0 fully saturated rings. The number of para-hydroxylation sites is 1. The van der Waals surface area contributed by atoms with Crippen molar-refractivity contribution in [3.8, 4) is 0 Å². The molecule has 0 aliphatic rings. The van der Waals surface area contributed by atoms with E-state index in [9.17, 15) is 0 Å². The number of rotatable bonds is 3. The number of fused-ring (bicyclic) bond motifs is 1. The van der Waals surface area contributed by atoms with Crippen LogP contribution in [0.25, 0.3) is 10.9 Å². The van der Waals surface area contributed by atoms with Gasteiger partial charge in [0.25, 0.3) is 0 Å². The van der Waals surface area contributed by atoms with E-state index in [4.69, 9.17) is 0 Å². The van der Waals surface area contributed by atoms with Crippen molar-refractivity contribution in [2.75, 3.05) is 7.05 Å². The summed E-state index contributed by atoms with van der Waals surface area (Å²) < 4.78 is 0. The van der Waals surface area contributed by atoms with Crippen LogP contribution in [0, 0.1) is 0 Å². The van der Waals surface area contributed by atoms with Crippen LogP contribution in [0.1, 0.15) is 19.4 Å². The Kier molecular flexibility index (Phi) is 4.34. The van der Waals surface area contributed by atoms with Crippen molar-refractivity contribution < 1.29 is 0 Å². The standard InChI is InChI=1S/C15H20N4/c1-11(2)19-15(16-3)18-10-13-7-4-6-12-8-5-9-17-14(12)13/h4-9,11H,10H2,1-3H3,(H2,16,18,19). The van der Waals surface area contributed by atoms with Gasteiger partial charge in [0.2, 0.25) is 0 Å². The molecule has 0 spiro atoms. The molecule has 0 unspecified atom stereocenters. The van der Waals surface area contributed by atoms with Gasteiger partial charge in [0.05, 0.1) is 5.52 Å². The number of nitrogens with zero attached hydrogens (tertiary/aromatic N) is 2. The van der Waals surface area contributed by atoms with Crippen molar-refractivity contribution >= 4 is 16.9 Å². The first kappa shape index (κ1) is 13.3. The molecular weight excluding hydrogens is 236 g/mol. The summed E-state index contributed by atoms with van der Waals surface area (Å²) in [7, 11) is 1.78. The molecule has 1 heterocycles. The first-order chi connectivity index (χ1) is 9.20. The molecule has 0 aliphatic heterocycles. The third kappa shape index (κ3) is 3.44. The number of aromatic nitrogens is 1. The Morgan fingerprint density at radius 3 is 2.79 bits per heavy atom. The van der Waals surface area contributed by atoms with E-state index < -0.39 is 0 Å². The average molecular weight is 256 g/mol. The zero-order valence-electron chi connectivity index (χ0n) is 11.6. The SMILES string of the molecule is CN=C(NCc1cccc2cccnc12)NC(C)C. The highest BCUT2D eigenvalue weighted by Crippen LogP contribution is 2.15. The number of guanidine groups is 1. The van der Waals surface area contributed by atoms with Crippen LogP contribution in [0.3, 0.4) is 0 Å². The summed E-state index contributed by atoms with van der Waals surface area (Å²) >= 11 is 0. The van der Waals surface area contributed by atoms with Crippen molar-refractivity contribution in [3.63, 3.8) is 0 Å². The van der Waals surface area contributed by atoms with Gasteiger partial charge in [-0.3, -0.25) is 9.98 Å². The second kappa shape index (κ2) is 6.18. The Balaban J connectivity index is 2.13. The molecule has 1 aromatic carbocycles. The number of hydrogen-bond acceptors (Lipinski definition) is 2. The maximum absolute atomic E-state index is 4.45. The first-order valence-corrected chi connectivity index (χ1v) is 6.50. The lowest BCUT2D eigenvalue weighted by atomic mass is 10.1. The Hall–Kier alpha value is -2.10. The van der Waals surface area contributed by atoms with Crippen LogP contribution in [0.2, 0.25) is 0 Å². The van der Waals surface area contributed by atoms with Crippen molar-refractivity contribution in [2.24, 2.45) is 4.99 Å². The highest BCUT2D eigenvalue weighted by molar-refractivity contribution is 5.83. The number of hydrogen-bond donors (Lipinski definition) is 2. The average Bonchev–Trinajstić information content (AvgIpc) is 2.43. The third-order valence-corrected chi connectivity index (χ3v) is 2.81. The van der Waals surface area contributed by atoms with Crippen LogP contribution in [0.5, 0.6) is 0 Å². The smallest absolute Gasteiger partial charge is 0.191 e. The topological polar surface area (TPSA) is 49.3 Å². The quantitative estimate of drug-likeness (QED) is 0.654. The van der Waals surface area contributed by atoms with Gasteiger partial charge in [0.1, 0.15) is 0 Å². The second-order valence-corrected chi connectivity index (χ2v) is 4.72. The predicted octanol–water partition coefficient (Wildman–Crippen LogP) is 2.31. The Bertz CT molecular complexity index is 570. The van der Waals surface area contributed by atoms with Gasteiger partial charge in [0, 0.05) is 31.2 Å². The molecule has 2 rings (SSSR count). The molecule has 2 aromatic rings. The lowest BCUT2D eigenvalue weighted by molar-refractivity contribution is 0.700. The van der Waals surface area contributed by atoms with E-state index in [0.717, 1.165) is 16.9 Å². The molecule has 0 bridgehead atoms. The molecule has 0 radical (unpaired) electrons. The van der Waals surface area contributed by atoms with E-state index in [1.165, 1.54) is 5.56 Å². The van der Waals surface area contributed by atoms with Crippen molar-refractivity contribution in [1.82, 2.24) is 15.6 Å². The van der Waals surface area contributed by atoms with Gasteiger partial charge in [0.15, 0.2) is 5.96 Å². The van der Waals surface area contributed by atoms with Crippen molar-refractivity contribution in [2.45, 2.75) is 26.4 Å². The van der Waals surface area contributed by atoms with E-state index in [1.807, 2.05) is 12.3 Å². The summed E-state index contributed by atoms with van der Waals surface area (Å²) in [4.78, 5) is 8.64. The van der Waals surface area contributed by atoms with Gasteiger partial charge in [-0.25, -0.2) is 0 Å². The number of aliphatic imine (C=N–C) groups is 1. The number of benzene rings is 1. The van der Waals surface area contributed by atoms with Crippen molar-refractivity contribution in [3.05, 3.63) is 42.1 Å². The van der Waals surface area contributed by atoms with Crippen LogP contribution in [0.15, 0.2) is 41.5 Å². The largest absolute Gasteiger partial charge is 0.354 e. The maximum atomic E-state index is 4.45. The Morgan fingerprint density at radius 1 is 1.26 bits per heavy atom. The first-order valence-electron chi connectivity index (χ1n) is 6.50. The van der Waals surface area contributed by atoms with E-state index >= 15 is 0 Å². The zero-order chi connectivity index (χ0) is 13.7. The Morgan fingerprint density at radius 2 is 2.05 bits per heavy atom. The van der Waals surface area contributed by atoms with Gasteiger partial charge < -0.3 is 10.6 Å². The summed E-state index contributed by atoms with van der Waals surface area (Å²) in [5, 5.41) is 7.74. The van der Waals surface area contributed by atoms with Crippen LogP contribution in [-0.2, 0) is 6.54 Å². The van der Waals surface area contributed by atoms with Crippen LogP contribution < -0.4 is 10.6 Å². The fraction of sp³-hybridized carbons (Fsp3) is 0.333. The van der Waals surface area contributed by atoms with Gasteiger partial charge in [-0.05, 0) is 25.5 Å². The zero-order valence-corrected chi connectivity index (χ0v) is 11.6. The molecule has 0 atom stereocenters. The van der Waals surface area contributed by atoms with Gasteiger partial charge in [-0.2, -0.15) is 0 Å². The summed E-state index contributed by atoms with van der Waals surface area (Å²) in [5.41, 5.74) is 2.21. The molecule has 0 saturated carbocycles. The summed E-state index contributed by atoms with van der Waals surface area (Å²) in [6.07, 6.45) is 1.83. The van der Waals surface area contributed by atoms with E-state index in [2.05, 4.69) is 58.7 Å². The minimum atomic E-state index is 0.358. The molecule has 4 nitrogen and oxygen atoms in total. The highest BCUT2D eigenvalue weighted by Gasteiger charge is 2.04. The number of pyridine rings is 1. The maximum Gasteiger partial charge on any atom is 0.191 e. The van der Waals surface area contributed by atoms with Gasteiger partial charge in [-0.1, -0.05) is 24.3 Å². The minimum absolute atomic E-state index is 0.358. The number of nitrogens with one attached hydrogen (secondary N) is 2. The van der Waals surface area contributed by atoms with E-state index in [0.29, 0.717) is 12.6 Å². The molecule has 100 valence electrons. The molecule has 2 N–H and O–H groups in total.